The largest absolute Gasteiger partial charge is 0.390 e. The molecule has 0 bridgehead atoms. The Kier molecular flexibility index (Phi) is 3.56. The van der Waals surface area contributed by atoms with Gasteiger partial charge < -0.3 is 9.84 Å². The molecule has 1 fully saturated rings. The normalized spacial score (nSPS) is 28.9. The molecule has 1 aromatic heterocycles. The highest BCUT2D eigenvalue weighted by atomic mass is 16.5. The van der Waals surface area contributed by atoms with Crippen molar-refractivity contribution in [3.63, 3.8) is 0 Å². The van der Waals surface area contributed by atoms with E-state index in [-0.39, 0.29) is 12.0 Å². The van der Waals surface area contributed by atoms with E-state index < -0.39 is 6.10 Å². The Hall–Kier alpha value is -0.930. The summed E-state index contributed by atoms with van der Waals surface area (Å²) in [7, 11) is 0. The van der Waals surface area contributed by atoms with E-state index in [4.69, 9.17) is 4.74 Å². The van der Waals surface area contributed by atoms with E-state index in [0.717, 1.165) is 18.7 Å². The molecule has 0 spiro atoms. The molecule has 1 N–H and O–H groups in total. The summed E-state index contributed by atoms with van der Waals surface area (Å²) in [6, 6.07) is 5.79. The van der Waals surface area contributed by atoms with Crippen LogP contribution in [-0.4, -0.2) is 28.9 Å². The first-order valence-corrected chi connectivity index (χ1v) is 5.90. The number of aromatic nitrogens is 1. The third kappa shape index (κ3) is 2.25. The lowest BCUT2D eigenvalue weighted by Crippen LogP contribution is -2.34. The predicted molar refractivity (Wildman–Crippen MR) is 62.2 cm³/mol. The maximum absolute atomic E-state index is 10.3. The summed E-state index contributed by atoms with van der Waals surface area (Å²) in [5.41, 5.74) is 0.928. The molecule has 0 radical (unpaired) electrons. The molecule has 0 amide bonds. The molecule has 1 aromatic rings. The Morgan fingerprint density at radius 2 is 2.31 bits per heavy atom. The van der Waals surface area contributed by atoms with Crippen molar-refractivity contribution >= 4 is 0 Å². The average Bonchev–Trinajstić information content (AvgIpc) is 2.75. The van der Waals surface area contributed by atoms with Gasteiger partial charge >= 0.3 is 0 Å². The second-order valence-electron chi connectivity index (χ2n) is 4.64. The smallest absolute Gasteiger partial charge is 0.0885 e. The molecular formula is C13H19NO2. The fraction of sp³-hybridized carbons (Fsp3) is 0.615. The van der Waals surface area contributed by atoms with Crippen molar-refractivity contribution in [3.8, 4) is 0 Å². The van der Waals surface area contributed by atoms with Gasteiger partial charge in [0, 0.05) is 24.4 Å². The van der Waals surface area contributed by atoms with Crippen molar-refractivity contribution in [2.75, 3.05) is 6.61 Å². The Labute approximate surface area is 96.5 Å². The second kappa shape index (κ2) is 4.93. The van der Waals surface area contributed by atoms with Gasteiger partial charge in [-0.05, 0) is 24.5 Å². The Morgan fingerprint density at radius 1 is 1.50 bits per heavy atom. The summed E-state index contributed by atoms with van der Waals surface area (Å²) in [6.45, 7) is 4.89. The minimum Gasteiger partial charge on any atom is -0.390 e. The van der Waals surface area contributed by atoms with Gasteiger partial charge in [-0.15, -0.1) is 0 Å². The number of nitrogens with zero attached hydrogens (tertiary/aromatic N) is 1. The predicted octanol–water partition coefficient (Wildman–Crippen LogP) is 1.97. The molecule has 1 aliphatic rings. The number of pyridine rings is 1. The zero-order valence-corrected chi connectivity index (χ0v) is 9.84. The number of ether oxygens (including phenoxy) is 1. The highest BCUT2D eigenvalue weighted by Gasteiger charge is 2.34. The van der Waals surface area contributed by atoms with E-state index in [1.165, 1.54) is 0 Å². The lowest BCUT2D eigenvalue weighted by atomic mass is 9.90. The van der Waals surface area contributed by atoms with Crippen LogP contribution in [0.4, 0.5) is 0 Å². The minimum absolute atomic E-state index is 0.0201. The molecule has 88 valence electrons. The first kappa shape index (κ1) is 11.6. The van der Waals surface area contributed by atoms with Gasteiger partial charge in [-0.3, -0.25) is 4.98 Å². The van der Waals surface area contributed by atoms with Gasteiger partial charge in [-0.1, -0.05) is 19.9 Å². The highest BCUT2D eigenvalue weighted by molar-refractivity contribution is 5.11. The number of hydrogen-bond donors (Lipinski definition) is 1. The molecule has 1 saturated heterocycles. The molecule has 4 unspecified atom stereocenters. The molecule has 4 atom stereocenters. The molecule has 2 heterocycles. The zero-order chi connectivity index (χ0) is 11.5. The molecule has 0 saturated carbocycles. The van der Waals surface area contributed by atoms with Gasteiger partial charge in [-0.25, -0.2) is 0 Å². The monoisotopic (exact) mass is 221 g/mol. The standard InChI is InChI=1S/C13H19NO2/c1-9-6-8-16-13(9)12(15)10(2)11-5-3-4-7-14-11/h3-5,7,9-10,12-13,15H,6,8H2,1-2H3. The second-order valence-corrected chi connectivity index (χ2v) is 4.64. The van der Waals surface area contributed by atoms with Gasteiger partial charge in [0.25, 0.3) is 0 Å². The van der Waals surface area contributed by atoms with Crippen LogP contribution in [0.25, 0.3) is 0 Å². The van der Waals surface area contributed by atoms with Crippen LogP contribution in [0, 0.1) is 5.92 Å². The van der Waals surface area contributed by atoms with Gasteiger partial charge in [0.15, 0.2) is 0 Å². The van der Waals surface area contributed by atoms with Crippen LogP contribution in [0.3, 0.4) is 0 Å². The van der Waals surface area contributed by atoms with Gasteiger partial charge in [0.05, 0.1) is 12.2 Å². The van der Waals surface area contributed by atoms with Crippen LogP contribution in [0.1, 0.15) is 31.9 Å². The molecule has 1 aliphatic heterocycles. The molecule has 16 heavy (non-hydrogen) atoms. The molecule has 2 rings (SSSR count). The number of rotatable bonds is 3. The van der Waals surface area contributed by atoms with Crippen molar-refractivity contribution < 1.29 is 9.84 Å². The van der Waals surface area contributed by atoms with Crippen molar-refractivity contribution in [2.45, 2.75) is 38.4 Å². The van der Waals surface area contributed by atoms with Gasteiger partial charge in [0.2, 0.25) is 0 Å². The lowest BCUT2D eigenvalue weighted by molar-refractivity contribution is -0.0275. The maximum atomic E-state index is 10.3. The molecular weight excluding hydrogens is 202 g/mol. The fourth-order valence-corrected chi connectivity index (χ4v) is 2.26. The van der Waals surface area contributed by atoms with Crippen molar-refractivity contribution in [1.29, 1.82) is 0 Å². The van der Waals surface area contributed by atoms with Gasteiger partial charge in [0.1, 0.15) is 0 Å². The minimum atomic E-state index is -0.465. The van der Waals surface area contributed by atoms with Crippen molar-refractivity contribution in [1.82, 2.24) is 4.98 Å². The van der Waals surface area contributed by atoms with E-state index in [0.29, 0.717) is 5.92 Å². The maximum Gasteiger partial charge on any atom is 0.0885 e. The third-order valence-electron chi connectivity index (χ3n) is 3.45. The summed E-state index contributed by atoms with van der Waals surface area (Å²) in [6.07, 6.45) is 2.29. The lowest BCUT2D eigenvalue weighted by Gasteiger charge is -2.26. The van der Waals surface area contributed by atoms with Crippen LogP contribution in [-0.2, 0) is 4.74 Å². The van der Waals surface area contributed by atoms with E-state index >= 15 is 0 Å². The van der Waals surface area contributed by atoms with Crippen LogP contribution < -0.4 is 0 Å². The summed E-state index contributed by atoms with van der Waals surface area (Å²) in [5, 5.41) is 10.3. The summed E-state index contributed by atoms with van der Waals surface area (Å²) < 4.78 is 5.59. The molecule has 3 heteroatoms. The summed E-state index contributed by atoms with van der Waals surface area (Å²) in [4.78, 5) is 4.28. The first-order valence-electron chi connectivity index (χ1n) is 5.90. The summed E-state index contributed by atoms with van der Waals surface area (Å²) >= 11 is 0. The molecule has 0 aromatic carbocycles. The fourth-order valence-electron chi connectivity index (χ4n) is 2.26. The topological polar surface area (TPSA) is 42.4 Å². The number of aliphatic hydroxyl groups is 1. The third-order valence-corrected chi connectivity index (χ3v) is 3.45. The Balaban J connectivity index is 2.07. The van der Waals surface area contributed by atoms with Gasteiger partial charge in [-0.2, -0.15) is 0 Å². The van der Waals surface area contributed by atoms with E-state index in [2.05, 4.69) is 11.9 Å². The zero-order valence-electron chi connectivity index (χ0n) is 9.84. The number of hydrogen-bond acceptors (Lipinski definition) is 3. The van der Waals surface area contributed by atoms with E-state index in [9.17, 15) is 5.11 Å². The molecule has 3 nitrogen and oxygen atoms in total. The van der Waals surface area contributed by atoms with Crippen molar-refractivity contribution in [2.24, 2.45) is 5.92 Å². The quantitative estimate of drug-likeness (QED) is 0.848. The van der Waals surface area contributed by atoms with Crippen LogP contribution >= 0.6 is 0 Å². The van der Waals surface area contributed by atoms with E-state index in [1.807, 2.05) is 25.1 Å². The number of aliphatic hydroxyl groups excluding tert-OH is 1. The van der Waals surface area contributed by atoms with Crippen LogP contribution in [0.5, 0.6) is 0 Å². The van der Waals surface area contributed by atoms with Crippen molar-refractivity contribution in [3.05, 3.63) is 30.1 Å². The average molecular weight is 221 g/mol. The highest BCUT2D eigenvalue weighted by Crippen LogP contribution is 2.29. The van der Waals surface area contributed by atoms with Crippen LogP contribution in [0.2, 0.25) is 0 Å². The van der Waals surface area contributed by atoms with E-state index in [1.54, 1.807) is 6.20 Å². The Bertz CT molecular complexity index is 328. The summed E-state index contributed by atoms with van der Waals surface area (Å²) in [5.74, 6) is 0.452. The SMILES string of the molecule is CC1CCOC1C(O)C(C)c1ccccn1. The Morgan fingerprint density at radius 3 is 2.88 bits per heavy atom. The van der Waals surface area contributed by atoms with Crippen LogP contribution in [0.15, 0.2) is 24.4 Å². The first-order chi connectivity index (χ1) is 7.70. The molecule has 0 aliphatic carbocycles.